The van der Waals surface area contributed by atoms with Gasteiger partial charge in [0, 0.05) is 16.8 Å². The van der Waals surface area contributed by atoms with E-state index in [1.807, 2.05) is 67.5 Å². The molecular formula is C22H21ClN4O. The van der Waals surface area contributed by atoms with Gasteiger partial charge in [-0.15, -0.1) is 0 Å². The monoisotopic (exact) mass is 392 g/mol. The molecule has 1 aromatic heterocycles. The van der Waals surface area contributed by atoms with Crippen molar-refractivity contribution in [1.29, 1.82) is 5.26 Å². The summed E-state index contributed by atoms with van der Waals surface area (Å²) in [5, 5.41) is 13.4. The molecule has 6 heteroatoms. The number of halogens is 1. The van der Waals surface area contributed by atoms with Crippen molar-refractivity contribution < 1.29 is 4.74 Å². The summed E-state index contributed by atoms with van der Waals surface area (Å²) in [5.74, 6) is 1.43. The minimum absolute atomic E-state index is 0.293. The van der Waals surface area contributed by atoms with Gasteiger partial charge in [0.25, 0.3) is 0 Å². The number of anilines is 1. The van der Waals surface area contributed by atoms with Gasteiger partial charge in [-0.05, 0) is 62.1 Å². The number of nitrogens with one attached hydrogen (secondary N) is 1. The van der Waals surface area contributed by atoms with Crippen molar-refractivity contribution >= 4 is 17.4 Å². The first kappa shape index (κ1) is 19.7. The minimum Gasteiger partial charge on any atom is -0.478 e. The summed E-state index contributed by atoms with van der Waals surface area (Å²) in [6.07, 6.45) is 1.73. The molecule has 1 N–H and O–H groups in total. The third-order valence-electron chi connectivity index (χ3n) is 4.07. The molecular weight excluding hydrogens is 372 g/mol. The van der Waals surface area contributed by atoms with Crippen molar-refractivity contribution in [2.75, 3.05) is 26.1 Å². The second kappa shape index (κ2) is 9.23. The SMILES string of the molecule is CN(C)COc1ccc(Cl)cc1C(Nc1ccccn1)c1cccc(C#N)c1. The van der Waals surface area contributed by atoms with Gasteiger partial charge in [-0.3, -0.25) is 4.90 Å². The molecule has 1 heterocycles. The second-order valence-electron chi connectivity index (χ2n) is 6.56. The quantitative estimate of drug-likeness (QED) is 0.590. The summed E-state index contributed by atoms with van der Waals surface area (Å²) in [5.41, 5.74) is 2.37. The van der Waals surface area contributed by atoms with Crippen molar-refractivity contribution in [3.05, 3.63) is 88.6 Å². The molecule has 142 valence electrons. The standard InChI is InChI=1S/C22H21ClN4O/c1-27(2)15-28-20-10-9-18(23)13-19(20)22(26-21-8-3-4-11-25-21)17-7-5-6-16(12-17)14-24/h3-13,22H,15H2,1-2H3,(H,25,26). The summed E-state index contributed by atoms with van der Waals surface area (Å²) in [7, 11) is 3.88. The molecule has 3 aromatic rings. The fraction of sp³-hybridized carbons (Fsp3) is 0.182. The molecule has 0 bridgehead atoms. The van der Waals surface area contributed by atoms with Crippen molar-refractivity contribution in [2.45, 2.75) is 6.04 Å². The molecule has 0 aliphatic heterocycles. The molecule has 1 atom stereocenters. The summed E-state index contributed by atoms with van der Waals surface area (Å²) >= 11 is 6.31. The summed E-state index contributed by atoms with van der Waals surface area (Å²) < 4.78 is 5.99. The van der Waals surface area contributed by atoms with Crippen molar-refractivity contribution in [3.8, 4) is 11.8 Å². The fourth-order valence-electron chi connectivity index (χ4n) is 2.80. The van der Waals surface area contributed by atoms with Crippen LogP contribution in [-0.4, -0.2) is 30.7 Å². The molecule has 3 rings (SSSR count). The molecule has 2 aromatic carbocycles. The van der Waals surface area contributed by atoms with E-state index in [4.69, 9.17) is 16.3 Å². The van der Waals surface area contributed by atoms with Crippen LogP contribution >= 0.6 is 11.6 Å². The third-order valence-corrected chi connectivity index (χ3v) is 4.30. The van der Waals surface area contributed by atoms with Crippen LogP contribution in [0.2, 0.25) is 5.02 Å². The molecule has 1 unspecified atom stereocenters. The lowest BCUT2D eigenvalue weighted by Gasteiger charge is -2.24. The van der Waals surface area contributed by atoms with Gasteiger partial charge < -0.3 is 10.1 Å². The van der Waals surface area contributed by atoms with Crippen LogP contribution in [0.3, 0.4) is 0 Å². The zero-order chi connectivity index (χ0) is 19.9. The number of pyridine rings is 1. The Kier molecular flexibility index (Phi) is 6.49. The fourth-order valence-corrected chi connectivity index (χ4v) is 2.98. The lowest BCUT2D eigenvalue weighted by Crippen LogP contribution is -2.20. The average Bonchev–Trinajstić information content (AvgIpc) is 2.72. The lowest BCUT2D eigenvalue weighted by atomic mass is 9.96. The molecule has 0 spiro atoms. The number of aromatic nitrogens is 1. The number of nitrogens with zero attached hydrogens (tertiary/aromatic N) is 3. The number of benzene rings is 2. The zero-order valence-corrected chi connectivity index (χ0v) is 16.5. The van der Waals surface area contributed by atoms with Crippen molar-refractivity contribution in [1.82, 2.24) is 9.88 Å². The van der Waals surface area contributed by atoms with Gasteiger partial charge in [-0.1, -0.05) is 29.8 Å². The maximum absolute atomic E-state index is 9.31. The topological polar surface area (TPSA) is 61.2 Å². The van der Waals surface area contributed by atoms with Gasteiger partial charge in [0.15, 0.2) is 0 Å². The Morgan fingerprint density at radius 2 is 2.00 bits per heavy atom. The predicted molar refractivity (Wildman–Crippen MR) is 111 cm³/mol. The van der Waals surface area contributed by atoms with Crippen LogP contribution in [0.4, 0.5) is 5.82 Å². The number of rotatable bonds is 7. The van der Waals surface area contributed by atoms with Gasteiger partial charge in [0.2, 0.25) is 0 Å². The Morgan fingerprint density at radius 1 is 1.14 bits per heavy atom. The normalized spacial score (nSPS) is 11.7. The van der Waals surface area contributed by atoms with E-state index in [9.17, 15) is 5.26 Å². The largest absolute Gasteiger partial charge is 0.478 e. The number of ether oxygens (including phenoxy) is 1. The highest BCUT2D eigenvalue weighted by Gasteiger charge is 2.20. The van der Waals surface area contributed by atoms with Gasteiger partial charge in [-0.2, -0.15) is 5.26 Å². The first-order valence-electron chi connectivity index (χ1n) is 8.81. The average molecular weight is 393 g/mol. The third kappa shape index (κ3) is 5.01. The van der Waals surface area contributed by atoms with Crippen LogP contribution in [0.1, 0.15) is 22.7 Å². The Hall–Kier alpha value is -3.07. The second-order valence-corrected chi connectivity index (χ2v) is 7.00. The lowest BCUT2D eigenvalue weighted by molar-refractivity contribution is 0.178. The number of nitriles is 1. The van der Waals surface area contributed by atoms with Crippen molar-refractivity contribution in [3.63, 3.8) is 0 Å². The zero-order valence-electron chi connectivity index (χ0n) is 15.8. The Balaban J connectivity index is 2.08. The molecule has 0 saturated carbocycles. The van der Waals surface area contributed by atoms with E-state index in [0.717, 1.165) is 11.1 Å². The Morgan fingerprint density at radius 3 is 2.71 bits per heavy atom. The molecule has 0 aliphatic rings. The van der Waals surface area contributed by atoms with Crippen LogP contribution in [0, 0.1) is 11.3 Å². The maximum Gasteiger partial charge on any atom is 0.141 e. The van der Waals surface area contributed by atoms with E-state index < -0.39 is 0 Å². The minimum atomic E-state index is -0.293. The first-order valence-corrected chi connectivity index (χ1v) is 9.19. The van der Waals surface area contributed by atoms with E-state index in [1.165, 1.54) is 0 Å². The van der Waals surface area contributed by atoms with Crippen LogP contribution in [-0.2, 0) is 0 Å². The van der Waals surface area contributed by atoms with Crippen LogP contribution in [0.25, 0.3) is 0 Å². The van der Waals surface area contributed by atoms with E-state index in [2.05, 4.69) is 16.4 Å². The number of hydrogen-bond donors (Lipinski definition) is 1. The van der Waals surface area contributed by atoms with E-state index in [-0.39, 0.29) is 6.04 Å². The van der Waals surface area contributed by atoms with Crippen molar-refractivity contribution in [2.24, 2.45) is 0 Å². The van der Waals surface area contributed by atoms with Gasteiger partial charge in [-0.25, -0.2) is 4.98 Å². The molecule has 0 fully saturated rings. The van der Waals surface area contributed by atoms with Crippen LogP contribution in [0.5, 0.6) is 5.75 Å². The highest BCUT2D eigenvalue weighted by molar-refractivity contribution is 6.30. The highest BCUT2D eigenvalue weighted by Crippen LogP contribution is 2.35. The predicted octanol–water partition coefficient (Wildman–Crippen LogP) is 4.71. The van der Waals surface area contributed by atoms with E-state index >= 15 is 0 Å². The van der Waals surface area contributed by atoms with Gasteiger partial charge in [0.05, 0.1) is 17.7 Å². The first-order chi connectivity index (χ1) is 13.6. The smallest absolute Gasteiger partial charge is 0.141 e. The van der Waals surface area contributed by atoms with E-state index in [0.29, 0.717) is 28.9 Å². The highest BCUT2D eigenvalue weighted by atomic mass is 35.5. The molecule has 0 amide bonds. The number of hydrogen-bond acceptors (Lipinski definition) is 5. The molecule has 0 radical (unpaired) electrons. The Bertz CT molecular complexity index is 970. The van der Waals surface area contributed by atoms with Crippen LogP contribution in [0.15, 0.2) is 66.9 Å². The maximum atomic E-state index is 9.31. The van der Waals surface area contributed by atoms with Gasteiger partial charge >= 0.3 is 0 Å². The summed E-state index contributed by atoms with van der Waals surface area (Å²) in [6, 6.07) is 20.6. The van der Waals surface area contributed by atoms with E-state index in [1.54, 1.807) is 18.3 Å². The van der Waals surface area contributed by atoms with Crippen LogP contribution < -0.4 is 10.1 Å². The summed E-state index contributed by atoms with van der Waals surface area (Å²) in [6.45, 7) is 0.434. The molecule has 28 heavy (non-hydrogen) atoms. The Labute approximate surface area is 170 Å². The molecule has 5 nitrogen and oxygen atoms in total. The van der Waals surface area contributed by atoms with Gasteiger partial charge in [0.1, 0.15) is 18.3 Å². The molecule has 0 saturated heterocycles. The molecule has 0 aliphatic carbocycles. The summed E-state index contributed by atoms with van der Waals surface area (Å²) in [4.78, 5) is 6.32.